The summed E-state index contributed by atoms with van der Waals surface area (Å²) in [6, 6.07) is 18.6. The summed E-state index contributed by atoms with van der Waals surface area (Å²) < 4.78 is 28.7. The molecular weight excluding hydrogens is 434 g/mol. The largest absolute Gasteiger partial charge is 0.341 e. The molecule has 172 valence electrons. The van der Waals surface area contributed by atoms with Crippen LogP contribution in [0.4, 0.5) is 11.4 Å². The van der Waals surface area contributed by atoms with Crippen molar-refractivity contribution in [3.63, 3.8) is 0 Å². The van der Waals surface area contributed by atoms with E-state index in [1.807, 2.05) is 50.2 Å². The van der Waals surface area contributed by atoms with Crippen LogP contribution in [0.5, 0.6) is 0 Å². The summed E-state index contributed by atoms with van der Waals surface area (Å²) in [5.74, 6) is -0.391. The molecule has 0 unspecified atom stereocenters. The average molecular weight is 464 g/mol. The molecule has 6 nitrogen and oxygen atoms in total. The lowest BCUT2D eigenvalue weighted by molar-refractivity contribution is -0.116. The molecule has 0 spiro atoms. The van der Waals surface area contributed by atoms with Gasteiger partial charge in [0.25, 0.3) is 0 Å². The number of nitrogens with zero attached hydrogens (tertiary/aromatic N) is 2. The standard InChI is InChI=1S/C26H29N3O3S/c1-6-28-24-10-8-7-9-22(24)23-16-20(11-12-25(23)28)27-26(30)19(4)29(33(5,31)32)21-14-17(2)13-18(3)15-21/h7-16,19H,6H2,1-5H3,(H,27,30)/t19-/m1/s1. The Bertz CT molecular complexity index is 1450. The van der Waals surface area contributed by atoms with Crippen LogP contribution in [-0.2, 0) is 21.4 Å². The van der Waals surface area contributed by atoms with Gasteiger partial charge in [0.15, 0.2) is 0 Å². The molecule has 4 rings (SSSR count). The zero-order chi connectivity index (χ0) is 23.9. The third-order valence-corrected chi connectivity index (χ3v) is 7.15. The van der Waals surface area contributed by atoms with Gasteiger partial charge < -0.3 is 9.88 Å². The average Bonchev–Trinajstić information content (AvgIpc) is 3.05. The fraction of sp³-hybridized carbons (Fsp3) is 0.269. The van der Waals surface area contributed by atoms with Gasteiger partial charge in [-0.2, -0.15) is 0 Å². The first-order valence-electron chi connectivity index (χ1n) is 11.0. The number of anilines is 2. The van der Waals surface area contributed by atoms with Crippen molar-refractivity contribution >= 4 is 49.1 Å². The Balaban J connectivity index is 1.69. The van der Waals surface area contributed by atoms with Crippen LogP contribution in [0.25, 0.3) is 21.8 Å². The zero-order valence-electron chi connectivity index (χ0n) is 19.6. The highest BCUT2D eigenvalue weighted by Gasteiger charge is 2.29. The number of rotatable bonds is 6. The number of nitrogens with one attached hydrogen (secondary N) is 1. The Morgan fingerprint density at radius 2 is 1.61 bits per heavy atom. The molecule has 0 aliphatic rings. The van der Waals surface area contributed by atoms with Crippen molar-refractivity contribution in [2.24, 2.45) is 0 Å². The minimum atomic E-state index is -3.68. The van der Waals surface area contributed by atoms with Crippen LogP contribution in [0.15, 0.2) is 60.7 Å². The molecule has 0 saturated heterocycles. The summed E-state index contributed by atoms with van der Waals surface area (Å²) in [6.07, 6.45) is 1.13. The second-order valence-electron chi connectivity index (χ2n) is 8.56. The van der Waals surface area contributed by atoms with Gasteiger partial charge in [0.2, 0.25) is 15.9 Å². The monoisotopic (exact) mass is 463 g/mol. The van der Waals surface area contributed by atoms with Gasteiger partial charge in [0.05, 0.1) is 11.9 Å². The first-order valence-corrected chi connectivity index (χ1v) is 12.8. The zero-order valence-corrected chi connectivity index (χ0v) is 20.4. The number of hydrogen-bond donors (Lipinski definition) is 1. The smallest absolute Gasteiger partial charge is 0.247 e. The lowest BCUT2D eigenvalue weighted by Crippen LogP contribution is -2.45. The number of sulfonamides is 1. The van der Waals surface area contributed by atoms with Gasteiger partial charge in [-0.15, -0.1) is 0 Å². The molecule has 1 N–H and O–H groups in total. The van der Waals surface area contributed by atoms with Crippen molar-refractivity contribution in [1.29, 1.82) is 0 Å². The van der Waals surface area contributed by atoms with Crippen molar-refractivity contribution in [3.8, 4) is 0 Å². The third kappa shape index (κ3) is 4.33. The van der Waals surface area contributed by atoms with Crippen LogP contribution in [0.2, 0.25) is 0 Å². The summed E-state index contributed by atoms with van der Waals surface area (Å²) in [4.78, 5) is 13.2. The van der Waals surface area contributed by atoms with Crippen molar-refractivity contribution in [2.75, 3.05) is 15.9 Å². The fourth-order valence-corrected chi connectivity index (χ4v) is 5.76. The van der Waals surface area contributed by atoms with Gasteiger partial charge in [-0.25, -0.2) is 8.42 Å². The molecule has 1 aromatic heterocycles. The van der Waals surface area contributed by atoms with E-state index in [0.29, 0.717) is 11.4 Å². The molecule has 33 heavy (non-hydrogen) atoms. The van der Waals surface area contributed by atoms with Crippen LogP contribution in [0, 0.1) is 13.8 Å². The minimum absolute atomic E-state index is 0.391. The summed E-state index contributed by atoms with van der Waals surface area (Å²) in [7, 11) is -3.68. The van der Waals surface area contributed by atoms with Crippen molar-refractivity contribution in [2.45, 2.75) is 40.3 Å². The molecule has 0 saturated carbocycles. The van der Waals surface area contributed by atoms with Crippen LogP contribution < -0.4 is 9.62 Å². The van der Waals surface area contributed by atoms with Crippen LogP contribution in [0.3, 0.4) is 0 Å². The van der Waals surface area contributed by atoms with Gasteiger partial charge in [0.1, 0.15) is 6.04 Å². The topological polar surface area (TPSA) is 71.4 Å². The maximum absolute atomic E-state index is 13.2. The lowest BCUT2D eigenvalue weighted by atomic mass is 10.1. The number of amides is 1. The fourth-order valence-electron chi connectivity index (χ4n) is 4.61. The first-order chi connectivity index (χ1) is 15.6. The number of benzene rings is 3. The second-order valence-corrected chi connectivity index (χ2v) is 10.4. The van der Waals surface area contributed by atoms with E-state index in [4.69, 9.17) is 0 Å². The Labute approximate surface area is 194 Å². The van der Waals surface area contributed by atoms with Crippen LogP contribution in [0.1, 0.15) is 25.0 Å². The van der Waals surface area contributed by atoms with Gasteiger partial charge in [-0.05, 0) is 75.2 Å². The molecule has 1 amide bonds. The van der Waals surface area contributed by atoms with E-state index in [0.717, 1.165) is 45.7 Å². The molecular formula is C26H29N3O3S. The van der Waals surface area contributed by atoms with Crippen molar-refractivity contribution in [1.82, 2.24) is 4.57 Å². The molecule has 4 aromatic rings. The summed E-state index contributed by atoms with van der Waals surface area (Å²) in [5, 5.41) is 5.09. The summed E-state index contributed by atoms with van der Waals surface area (Å²) in [6.45, 7) is 8.37. The molecule has 0 aliphatic heterocycles. The van der Waals surface area contributed by atoms with Crippen molar-refractivity contribution < 1.29 is 13.2 Å². The predicted octanol–water partition coefficient (Wildman–Crippen LogP) is 5.22. The highest BCUT2D eigenvalue weighted by molar-refractivity contribution is 7.92. The van der Waals surface area contributed by atoms with Gasteiger partial charge >= 0.3 is 0 Å². The van der Waals surface area contributed by atoms with Gasteiger partial charge in [0, 0.05) is 34.0 Å². The number of fused-ring (bicyclic) bond motifs is 3. The van der Waals surface area contributed by atoms with E-state index in [9.17, 15) is 13.2 Å². The molecule has 0 fully saturated rings. The molecule has 0 aliphatic carbocycles. The number of carbonyl (C=O) groups excluding carboxylic acids is 1. The minimum Gasteiger partial charge on any atom is -0.341 e. The number of carbonyl (C=O) groups is 1. The number of hydrogen-bond acceptors (Lipinski definition) is 3. The SMILES string of the molecule is CCn1c2ccccc2c2cc(NC(=O)[C@@H](C)N(c3cc(C)cc(C)c3)S(C)(=O)=O)ccc21. The van der Waals surface area contributed by atoms with Gasteiger partial charge in [-0.3, -0.25) is 9.10 Å². The molecule has 7 heteroatoms. The molecule has 1 atom stereocenters. The Morgan fingerprint density at radius 1 is 0.970 bits per heavy atom. The molecule has 0 bridgehead atoms. The van der Waals surface area contributed by atoms with Crippen molar-refractivity contribution in [3.05, 3.63) is 71.8 Å². The quantitative estimate of drug-likeness (QED) is 0.426. The van der Waals surface area contributed by atoms with E-state index in [2.05, 4.69) is 28.9 Å². The summed E-state index contributed by atoms with van der Waals surface area (Å²) in [5.41, 5.74) is 5.22. The normalized spacial score (nSPS) is 12.8. The predicted molar refractivity (Wildman–Crippen MR) is 136 cm³/mol. The van der Waals surface area contributed by atoms with E-state index in [1.165, 1.54) is 4.31 Å². The third-order valence-electron chi connectivity index (χ3n) is 5.91. The van der Waals surface area contributed by atoms with E-state index in [1.54, 1.807) is 19.1 Å². The lowest BCUT2D eigenvalue weighted by Gasteiger charge is -2.28. The summed E-state index contributed by atoms with van der Waals surface area (Å²) >= 11 is 0. The second kappa shape index (κ2) is 8.56. The highest BCUT2D eigenvalue weighted by Crippen LogP contribution is 2.31. The first kappa shape index (κ1) is 22.9. The van der Waals surface area contributed by atoms with E-state index >= 15 is 0 Å². The molecule has 3 aromatic carbocycles. The van der Waals surface area contributed by atoms with Gasteiger partial charge in [-0.1, -0.05) is 24.3 Å². The van der Waals surface area contributed by atoms with Crippen LogP contribution in [-0.4, -0.2) is 31.2 Å². The Hall–Kier alpha value is -3.32. The van der Waals surface area contributed by atoms with Crippen LogP contribution >= 0.6 is 0 Å². The maximum Gasteiger partial charge on any atom is 0.247 e. The number of aryl methyl sites for hydroxylation is 3. The molecule has 1 heterocycles. The number of aromatic nitrogens is 1. The highest BCUT2D eigenvalue weighted by atomic mass is 32.2. The van der Waals surface area contributed by atoms with E-state index in [-0.39, 0.29) is 0 Å². The Morgan fingerprint density at radius 3 is 2.24 bits per heavy atom. The maximum atomic E-state index is 13.2. The number of para-hydroxylation sites is 1. The molecule has 0 radical (unpaired) electrons. The Kier molecular flexibility index (Phi) is 5.93. The van der Waals surface area contributed by atoms with E-state index < -0.39 is 22.0 Å².